The molecule has 0 fully saturated rings. The van der Waals surface area contributed by atoms with E-state index in [1.165, 1.54) is 9.88 Å². The van der Waals surface area contributed by atoms with Crippen LogP contribution in [0.4, 0.5) is 0 Å². The molecule has 1 unspecified atom stereocenters. The molecule has 3 nitrogen and oxygen atoms in total. The molecule has 0 spiro atoms. The minimum atomic E-state index is 0.104. The Kier molecular flexibility index (Phi) is 5.17. The fourth-order valence-corrected chi connectivity index (χ4v) is 3.94. The van der Waals surface area contributed by atoms with Gasteiger partial charge in [0.2, 0.25) is 0 Å². The van der Waals surface area contributed by atoms with Crippen molar-refractivity contribution in [3.8, 4) is 0 Å². The van der Waals surface area contributed by atoms with E-state index < -0.39 is 0 Å². The van der Waals surface area contributed by atoms with E-state index in [1.54, 1.807) is 22.7 Å². The molecule has 0 aliphatic carbocycles. The summed E-state index contributed by atoms with van der Waals surface area (Å²) >= 11 is 3.53. The smallest absolute Gasteiger partial charge is 0.116 e. The van der Waals surface area contributed by atoms with Crippen molar-refractivity contribution in [2.45, 2.75) is 59.4 Å². The quantitative estimate of drug-likeness (QED) is 0.873. The van der Waals surface area contributed by atoms with E-state index in [1.807, 2.05) is 0 Å². The average Bonchev–Trinajstić information content (AvgIpc) is 2.98. The largest absolute Gasteiger partial charge is 0.303 e. The van der Waals surface area contributed by atoms with E-state index in [4.69, 9.17) is 9.97 Å². The second-order valence-corrected chi connectivity index (χ2v) is 8.50. The summed E-state index contributed by atoms with van der Waals surface area (Å²) in [7, 11) is 0. The summed E-state index contributed by atoms with van der Waals surface area (Å²) < 4.78 is 0. The molecule has 0 aliphatic heterocycles. The minimum Gasteiger partial charge on any atom is -0.303 e. The molecule has 0 bridgehead atoms. The standard InChI is InChI=1S/C16H25N3S2/c1-7-8-17-13(14-18-10(2)11(3)21-14)12-9-20-15(19-12)16(4,5)6/h9,13,17H,7-8H2,1-6H3. The molecule has 2 aromatic rings. The van der Waals surface area contributed by atoms with Gasteiger partial charge in [0.05, 0.1) is 16.4 Å². The van der Waals surface area contributed by atoms with Crippen LogP contribution in [-0.4, -0.2) is 16.5 Å². The highest BCUT2D eigenvalue weighted by Crippen LogP contribution is 2.32. The number of nitrogens with zero attached hydrogens (tertiary/aromatic N) is 2. The zero-order chi connectivity index (χ0) is 15.6. The number of aromatic nitrogens is 2. The topological polar surface area (TPSA) is 37.8 Å². The number of rotatable bonds is 5. The van der Waals surface area contributed by atoms with Crippen LogP contribution in [0.2, 0.25) is 0 Å². The van der Waals surface area contributed by atoms with Crippen LogP contribution in [0.1, 0.15) is 66.4 Å². The molecule has 0 radical (unpaired) electrons. The second-order valence-electron chi connectivity index (χ2n) is 6.41. The van der Waals surface area contributed by atoms with Gasteiger partial charge < -0.3 is 5.32 Å². The molecule has 21 heavy (non-hydrogen) atoms. The summed E-state index contributed by atoms with van der Waals surface area (Å²) in [6, 6.07) is 0.120. The van der Waals surface area contributed by atoms with E-state index in [0.717, 1.165) is 29.4 Å². The van der Waals surface area contributed by atoms with Crippen molar-refractivity contribution in [3.05, 3.63) is 31.7 Å². The van der Waals surface area contributed by atoms with Crippen LogP contribution < -0.4 is 5.32 Å². The van der Waals surface area contributed by atoms with Gasteiger partial charge in [0.25, 0.3) is 0 Å². The van der Waals surface area contributed by atoms with Gasteiger partial charge in [-0.2, -0.15) is 0 Å². The summed E-state index contributed by atoms with van der Waals surface area (Å²) in [5.74, 6) is 0. The zero-order valence-corrected chi connectivity index (χ0v) is 15.4. The normalized spacial score (nSPS) is 13.6. The first-order valence-electron chi connectivity index (χ1n) is 7.46. The Morgan fingerprint density at radius 2 is 1.95 bits per heavy atom. The van der Waals surface area contributed by atoms with E-state index in [0.29, 0.717) is 0 Å². The van der Waals surface area contributed by atoms with Gasteiger partial charge >= 0.3 is 0 Å². The van der Waals surface area contributed by atoms with Crippen LogP contribution in [0.25, 0.3) is 0 Å². The first-order valence-corrected chi connectivity index (χ1v) is 9.15. The van der Waals surface area contributed by atoms with E-state index >= 15 is 0 Å². The van der Waals surface area contributed by atoms with Crippen LogP contribution in [0, 0.1) is 13.8 Å². The van der Waals surface area contributed by atoms with Crippen LogP contribution >= 0.6 is 22.7 Å². The molecule has 2 heterocycles. The Morgan fingerprint density at radius 3 is 2.43 bits per heavy atom. The van der Waals surface area contributed by atoms with Gasteiger partial charge in [0.15, 0.2) is 0 Å². The van der Waals surface area contributed by atoms with Gasteiger partial charge in [0.1, 0.15) is 11.0 Å². The third kappa shape index (κ3) is 3.90. The van der Waals surface area contributed by atoms with Crippen molar-refractivity contribution >= 4 is 22.7 Å². The molecule has 5 heteroatoms. The molecule has 0 aliphatic rings. The lowest BCUT2D eigenvalue weighted by Gasteiger charge is -2.16. The van der Waals surface area contributed by atoms with E-state index in [9.17, 15) is 0 Å². The van der Waals surface area contributed by atoms with Gasteiger partial charge in [-0.05, 0) is 26.8 Å². The molecule has 116 valence electrons. The Bertz CT molecular complexity index is 573. The minimum absolute atomic E-state index is 0.104. The summed E-state index contributed by atoms with van der Waals surface area (Å²) in [6.45, 7) is 14.0. The maximum atomic E-state index is 4.87. The number of thiazole rings is 2. The first-order chi connectivity index (χ1) is 9.82. The molecular weight excluding hydrogens is 298 g/mol. The van der Waals surface area contributed by atoms with Crippen LogP contribution in [-0.2, 0) is 5.41 Å². The highest BCUT2D eigenvalue weighted by atomic mass is 32.1. The number of nitrogens with one attached hydrogen (secondary N) is 1. The first kappa shape index (κ1) is 16.6. The molecular formula is C16H25N3S2. The lowest BCUT2D eigenvalue weighted by molar-refractivity contribution is 0.561. The third-order valence-electron chi connectivity index (χ3n) is 3.35. The van der Waals surface area contributed by atoms with Crippen molar-refractivity contribution in [2.75, 3.05) is 6.54 Å². The van der Waals surface area contributed by atoms with Gasteiger partial charge in [-0.3, -0.25) is 0 Å². The molecule has 0 saturated heterocycles. The predicted molar refractivity (Wildman–Crippen MR) is 92.5 cm³/mol. The van der Waals surface area contributed by atoms with Crippen LogP contribution in [0.15, 0.2) is 5.38 Å². The number of hydrogen-bond donors (Lipinski definition) is 1. The predicted octanol–water partition coefficient (Wildman–Crippen LogP) is 4.60. The lowest BCUT2D eigenvalue weighted by Crippen LogP contribution is -2.24. The average molecular weight is 324 g/mol. The summed E-state index contributed by atoms with van der Waals surface area (Å²) in [5, 5.41) is 8.09. The van der Waals surface area contributed by atoms with Crippen molar-refractivity contribution < 1.29 is 0 Å². The molecule has 2 aromatic heterocycles. The highest BCUT2D eigenvalue weighted by molar-refractivity contribution is 7.12. The van der Waals surface area contributed by atoms with Gasteiger partial charge in [-0.15, -0.1) is 22.7 Å². The fourth-order valence-electron chi connectivity index (χ4n) is 1.99. The SMILES string of the molecule is CCCNC(c1csc(C(C)(C)C)n1)c1nc(C)c(C)s1. The molecule has 0 aromatic carbocycles. The maximum Gasteiger partial charge on any atom is 0.116 e. The molecule has 1 atom stereocenters. The summed E-state index contributed by atoms with van der Waals surface area (Å²) in [4.78, 5) is 10.9. The molecule has 0 amide bonds. The van der Waals surface area contributed by atoms with E-state index in [-0.39, 0.29) is 11.5 Å². The Labute approximate surface area is 135 Å². The lowest BCUT2D eigenvalue weighted by atomic mass is 9.98. The van der Waals surface area contributed by atoms with Gasteiger partial charge in [-0.25, -0.2) is 9.97 Å². The Morgan fingerprint density at radius 1 is 1.24 bits per heavy atom. The van der Waals surface area contributed by atoms with Gasteiger partial charge in [0, 0.05) is 15.7 Å². The Hall–Kier alpha value is -0.780. The summed E-state index contributed by atoms with van der Waals surface area (Å²) in [6.07, 6.45) is 1.11. The molecule has 2 rings (SSSR count). The Balaban J connectivity index is 2.33. The maximum absolute atomic E-state index is 4.87. The van der Waals surface area contributed by atoms with Crippen LogP contribution in [0.5, 0.6) is 0 Å². The molecule has 1 N–H and O–H groups in total. The highest BCUT2D eigenvalue weighted by Gasteiger charge is 2.24. The summed E-state index contributed by atoms with van der Waals surface area (Å²) in [5.41, 5.74) is 2.34. The fraction of sp³-hybridized carbons (Fsp3) is 0.625. The second kappa shape index (κ2) is 6.55. The van der Waals surface area contributed by atoms with Crippen molar-refractivity contribution in [1.82, 2.24) is 15.3 Å². The zero-order valence-electron chi connectivity index (χ0n) is 13.8. The van der Waals surface area contributed by atoms with E-state index in [2.05, 4.69) is 52.2 Å². The van der Waals surface area contributed by atoms with Crippen LogP contribution in [0.3, 0.4) is 0 Å². The van der Waals surface area contributed by atoms with Crippen molar-refractivity contribution in [3.63, 3.8) is 0 Å². The monoisotopic (exact) mass is 323 g/mol. The molecule has 0 saturated carbocycles. The van der Waals surface area contributed by atoms with Crippen molar-refractivity contribution in [1.29, 1.82) is 0 Å². The third-order valence-corrected chi connectivity index (χ3v) is 5.77. The van der Waals surface area contributed by atoms with Crippen molar-refractivity contribution in [2.24, 2.45) is 0 Å². The van der Waals surface area contributed by atoms with Gasteiger partial charge in [-0.1, -0.05) is 27.7 Å². The number of hydrogen-bond acceptors (Lipinski definition) is 5. The number of aryl methyl sites for hydroxylation is 2.